The van der Waals surface area contributed by atoms with E-state index in [1.165, 1.54) is 18.4 Å². The number of ether oxygens (including phenoxy) is 3. The van der Waals surface area contributed by atoms with E-state index in [-0.39, 0.29) is 11.8 Å². The molecule has 2 heterocycles. The minimum Gasteiger partial charge on any atom is -0.495 e. The van der Waals surface area contributed by atoms with E-state index in [2.05, 4.69) is 5.10 Å². The van der Waals surface area contributed by atoms with Crippen LogP contribution in [0.3, 0.4) is 0 Å². The van der Waals surface area contributed by atoms with Crippen LogP contribution in [0.1, 0.15) is 10.4 Å². The zero-order valence-electron chi connectivity index (χ0n) is 17.4. The number of methoxy groups -OCH3 is 3. The standard InChI is InChI=1S/C19H25N5O4S/c1-22(2)9-10-24(18(25)12-11-23(3)21-17(12)28-6)19-20-15-13(26-4)7-8-14(27-5)16(15)29-19/h7-8,11H,9-10H2,1-6H3. The highest BCUT2D eigenvalue weighted by molar-refractivity contribution is 7.22. The van der Waals surface area contributed by atoms with Crippen molar-refractivity contribution in [1.29, 1.82) is 0 Å². The first-order chi connectivity index (χ1) is 13.9. The van der Waals surface area contributed by atoms with Crippen LogP contribution in [0.15, 0.2) is 18.3 Å². The molecular weight excluding hydrogens is 394 g/mol. The van der Waals surface area contributed by atoms with Gasteiger partial charge in [0.15, 0.2) is 5.13 Å². The Morgan fingerprint density at radius 2 is 1.79 bits per heavy atom. The predicted molar refractivity (Wildman–Crippen MR) is 113 cm³/mol. The third-order valence-corrected chi connectivity index (χ3v) is 5.46. The summed E-state index contributed by atoms with van der Waals surface area (Å²) >= 11 is 1.38. The van der Waals surface area contributed by atoms with Crippen molar-refractivity contribution in [2.24, 2.45) is 7.05 Å². The zero-order chi connectivity index (χ0) is 21.1. The van der Waals surface area contributed by atoms with Crippen LogP contribution < -0.4 is 19.1 Å². The van der Waals surface area contributed by atoms with Gasteiger partial charge in [0.2, 0.25) is 5.88 Å². The minimum atomic E-state index is -0.228. The number of amides is 1. The summed E-state index contributed by atoms with van der Waals surface area (Å²) in [5.41, 5.74) is 1.04. The summed E-state index contributed by atoms with van der Waals surface area (Å²) in [6, 6.07) is 3.64. The van der Waals surface area contributed by atoms with Gasteiger partial charge in [0.1, 0.15) is 27.3 Å². The average molecular weight is 420 g/mol. The van der Waals surface area contributed by atoms with E-state index < -0.39 is 0 Å². The number of fused-ring (bicyclic) bond motifs is 1. The Morgan fingerprint density at radius 1 is 1.10 bits per heavy atom. The minimum absolute atomic E-state index is 0.228. The van der Waals surface area contributed by atoms with Crippen molar-refractivity contribution in [2.75, 3.05) is 53.4 Å². The number of aromatic nitrogens is 3. The fraction of sp³-hybridized carbons (Fsp3) is 0.421. The largest absolute Gasteiger partial charge is 0.495 e. The lowest BCUT2D eigenvalue weighted by Gasteiger charge is -2.21. The van der Waals surface area contributed by atoms with E-state index in [9.17, 15) is 4.79 Å². The van der Waals surface area contributed by atoms with Gasteiger partial charge in [0.25, 0.3) is 5.91 Å². The molecule has 0 aliphatic heterocycles. The molecule has 0 spiro atoms. The third kappa shape index (κ3) is 4.13. The summed E-state index contributed by atoms with van der Waals surface area (Å²) in [6.45, 7) is 1.12. The Labute approximate surface area is 173 Å². The molecule has 3 aromatic rings. The van der Waals surface area contributed by atoms with E-state index >= 15 is 0 Å². The van der Waals surface area contributed by atoms with Crippen molar-refractivity contribution in [3.05, 3.63) is 23.9 Å². The molecule has 0 bridgehead atoms. The average Bonchev–Trinajstić information content (AvgIpc) is 3.30. The van der Waals surface area contributed by atoms with Gasteiger partial charge < -0.3 is 19.1 Å². The molecule has 1 amide bonds. The lowest BCUT2D eigenvalue weighted by molar-refractivity contribution is 0.0982. The molecule has 9 nitrogen and oxygen atoms in total. The van der Waals surface area contributed by atoms with Crippen LogP contribution in [0, 0.1) is 0 Å². The lowest BCUT2D eigenvalue weighted by atomic mass is 10.3. The van der Waals surface area contributed by atoms with Gasteiger partial charge in [-0.05, 0) is 26.2 Å². The number of anilines is 1. The quantitative estimate of drug-likeness (QED) is 0.554. The number of hydrogen-bond donors (Lipinski definition) is 0. The summed E-state index contributed by atoms with van der Waals surface area (Å²) < 4.78 is 18.6. The third-order valence-electron chi connectivity index (χ3n) is 4.36. The molecule has 0 aliphatic rings. The summed E-state index contributed by atoms with van der Waals surface area (Å²) in [5.74, 6) is 1.36. The van der Waals surface area contributed by atoms with Gasteiger partial charge >= 0.3 is 0 Å². The van der Waals surface area contributed by atoms with Gasteiger partial charge in [-0.1, -0.05) is 11.3 Å². The summed E-state index contributed by atoms with van der Waals surface area (Å²) in [6.07, 6.45) is 1.65. The number of aryl methyl sites for hydroxylation is 1. The van der Waals surface area contributed by atoms with Crippen molar-refractivity contribution in [3.63, 3.8) is 0 Å². The van der Waals surface area contributed by atoms with Crippen molar-refractivity contribution in [1.82, 2.24) is 19.7 Å². The smallest absolute Gasteiger partial charge is 0.267 e. The van der Waals surface area contributed by atoms with Crippen LogP contribution in [0.25, 0.3) is 10.2 Å². The monoisotopic (exact) mass is 419 g/mol. The summed E-state index contributed by atoms with van der Waals surface area (Å²) in [7, 11) is 10.4. The number of likely N-dealkylation sites (N-methyl/N-ethyl adjacent to an activating group) is 1. The Kier molecular flexibility index (Phi) is 6.23. The topological polar surface area (TPSA) is 82.0 Å². The van der Waals surface area contributed by atoms with Crippen molar-refractivity contribution in [2.45, 2.75) is 0 Å². The Hall–Kier alpha value is -2.85. The van der Waals surface area contributed by atoms with Gasteiger partial charge in [0.05, 0.1) is 21.3 Å². The molecule has 0 fully saturated rings. The lowest BCUT2D eigenvalue weighted by Crippen LogP contribution is -2.36. The first kappa shape index (κ1) is 20.9. The maximum atomic E-state index is 13.4. The first-order valence-electron chi connectivity index (χ1n) is 8.95. The second-order valence-electron chi connectivity index (χ2n) is 6.63. The van der Waals surface area contributed by atoms with Gasteiger partial charge in [-0.25, -0.2) is 4.98 Å². The highest BCUT2D eigenvalue weighted by atomic mass is 32.1. The van der Waals surface area contributed by atoms with Crippen molar-refractivity contribution in [3.8, 4) is 17.4 Å². The molecule has 0 unspecified atom stereocenters. The fourth-order valence-electron chi connectivity index (χ4n) is 2.88. The second kappa shape index (κ2) is 8.66. The highest BCUT2D eigenvalue weighted by Crippen LogP contribution is 2.40. The molecule has 10 heteroatoms. The highest BCUT2D eigenvalue weighted by Gasteiger charge is 2.27. The van der Waals surface area contributed by atoms with Crippen LogP contribution in [0.2, 0.25) is 0 Å². The molecule has 2 aromatic heterocycles. The molecular formula is C19H25N5O4S. The number of rotatable bonds is 8. The Bertz CT molecular complexity index is 973. The first-order valence-corrected chi connectivity index (χ1v) is 9.77. The number of thiazole rings is 1. The van der Waals surface area contributed by atoms with Gasteiger partial charge in [-0.15, -0.1) is 5.10 Å². The maximum absolute atomic E-state index is 13.4. The summed E-state index contributed by atoms with van der Waals surface area (Å²) in [5, 5.41) is 4.75. The predicted octanol–water partition coefficient (Wildman–Crippen LogP) is 2.26. The molecule has 0 saturated heterocycles. The van der Waals surface area contributed by atoms with Crippen LogP contribution >= 0.6 is 11.3 Å². The van der Waals surface area contributed by atoms with E-state index in [0.717, 1.165) is 4.70 Å². The van der Waals surface area contributed by atoms with E-state index in [0.29, 0.717) is 40.8 Å². The Morgan fingerprint density at radius 3 is 2.41 bits per heavy atom. The van der Waals surface area contributed by atoms with E-state index in [1.807, 2.05) is 25.1 Å². The van der Waals surface area contributed by atoms with E-state index in [4.69, 9.17) is 19.2 Å². The van der Waals surface area contributed by atoms with Crippen LogP contribution in [-0.4, -0.2) is 74.1 Å². The van der Waals surface area contributed by atoms with E-state index in [1.54, 1.807) is 43.1 Å². The fourth-order valence-corrected chi connectivity index (χ4v) is 3.98. The molecule has 0 aliphatic carbocycles. The molecule has 0 radical (unpaired) electrons. The number of nitrogens with zero attached hydrogens (tertiary/aromatic N) is 5. The molecule has 3 rings (SSSR count). The Balaban J connectivity index is 2.10. The molecule has 156 valence electrons. The van der Waals surface area contributed by atoms with Gasteiger partial charge in [0, 0.05) is 26.3 Å². The van der Waals surface area contributed by atoms with Crippen LogP contribution in [0.5, 0.6) is 17.4 Å². The normalized spacial score (nSPS) is 11.1. The van der Waals surface area contributed by atoms with Crippen LogP contribution in [0.4, 0.5) is 5.13 Å². The van der Waals surface area contributed by atoms with Crippen LogP contribution in [-0.2, 0) is 7.05 Å². The van der Waals surface area contributed by atoms with Gasteiger partial charge in [-0.2, -0.15) is 0 Å². The molecule has 0 atom stereocenters. The summed E-state index contributed by atoms with van der Waals surface area (Å²) in [4.78, 5) is 21.8. The number of hydrogen-bond acceptors (Lipinski definition) is 8. The maximum Gasteiger partial charge on any atom is 0.267 e. The molecule has 1 aromatic carbocycles. The van der Waals surface area contributed by atoms with Crippen molar-refractivity contribution < 1.29 is 19.0 Å². The van der Waals surface area contributed by atoms with Gasteiger partial charge in [-0.3, -0.25) is 14.4 Å². The SMILES string of the molecule is COc1nn(C)cc1C(=O)N(CCN(C)C)c1nc2c(OC)ccc(OC)c2s1. The van der Waals surface area contributed by atoms with Crippen molar-refractivity contribution >= 4 is 32.6 Å². The number of benzene rings is 1. The number of carbonyl (C=O) groups is 1. The molecule has 0 saturated carbocycles. The zero-order valence-corrected chi connectivity index (χ0v) is 18.2. The second-order valence-corrected chi connectivity index (χ2v) is 7.61. The molecule has 29 heavy (non-hydrogen) atoms. The number of carbonyl (C=O) groups excluding carboxylic acids is 1. The molecule has 0 N–H and O–H groups in total.